The number of anilines is 1. The predicted octanol–water partition coefficient (Wildman–Crippen LogP) is 1.79. The Kier molecular flexibility index (Phi) is 4.19. The molecular weight excluding hydrogens is 358 g/mol. The first-order chi connectivity index (χ1) is 13.4. The fourth-order valence-corrected chi connectivity index (χ4v) is 3.31. The van der Waals surface area contributed by atoms with Crippen LogP contribution in [0.3, 0.4) is 0 Å². The van der Waals surface area contributed by atoms with E-state index in [-0.39, 0.29) is 22.7 Å². The summed E-state index contributed by atoms with van der Waals surface area (Å²) in [4.78, 5) is 36.1. The van der Waals surface area contributed by atoms with Gasteiger partial charge in [-0.3, -0.25) is 24.3 Å². The van der Waals surface area contributed by atoms with Crippen molar-refractivity contribution >= 4 is 17.6 Å². The van der Waals surface area contributed by atoms with Crippen LogP contribution in [0, 0.1) is 0 Å². The number of benzene rings is 2. The molecule has 1 aromatic heterocycles. The number of nitrogens with two attached hydrogens (primary N) is 1. The minimum atomic E-state index is -0.611. The Morgan fingerprint density at radius 1 is 0.857 bits per heavy atom. The lowest BCUT2D eigenvalue weighted by atomic mass is 10.0. The first-order valence-electron chi connectivity index (χ1n) is 8.72. The number of amides is 2. The van der Waals surface area contributed by atoms with Crippen molar-refractivity contribution in [2.45, 2.75) is 12.8 Å². The second-order valence-corrected chi connectivity index (χ2v) is 6.61. The molecule has 0 bridgehead atoms. The molecule has 0 fully saturated rings. The van der Waals surface area contributed by atoms with E-state index >= 15 is 0 Å². The van der Waals surface area contributed by atoms with Crippen molar-refractivity contribution in [3.63, 3.8) is 0 Å². The van der Waals surface area contributed by atoms with Gasteiger partial charge >= 0.3 is 0 Å². The lowest BCUT2D eigenvalue weighted by Crippen LogP contribution is -2.24. The molecule has 2 aromatic carbocycles. The average molecular weight is 375 g/mol. The molecule has 7 heteroatoms. The third-order valence-electron chi connectivity index (χ3n) is 4.79. The molecule has 0 spiro atoms. The van der Waals surface area contributed by atoms with Gasteiger partial charge in [-0.05, 0) is 48.2 Å². The number of pyridine rings is 1. The number of aromatic hydroxyl groups is 1. The van der Waals surface area contributed by atoms with Gasteiger partial charge in [-0.1, -0.05) is 24.3 Å². The zero-order valence-corrected chi connectivity index (χ0v) is 14.8. The molecule has 4 rings (SSSR count). The van der Waals surface area contributed by atoms with Crippen molar-refractivity contribution in [2.75, 3.05) is 5.73 Å². The summed E-state index contributed by atoms with van der Waals surface area (Å²) < 4.78 is 1.22. The summed E-state index contributed by atoms with van der Waals surface area (Å²) in [6.07, 6.45) is 1.60. The largest absolute Gasteiger partial charge is 0.508 e. The number of imide groups is 1. The van der Waals surface area contributed by atoms with Gasteiger partial charge in [0.1, 0.15) is 11.6 Å². The van der Waals surface area contributed by atoms with E-state index in [9.17, 15) is 19.5 Å². The number of fused-ring (bicyclic) bond motifs is 1. The van der Waals surface area contributed by atoms with Gasteiger partial charge in [-0.2, -0.15) is 0 Å². The normalized spacial score (nSPS) is 12.7. The highest BCUT2D eigenvalue weighted by atomic mass is 16.3. The van der Waals surface area contributed by atoms with Crippen LogP contribution in [0.15, 0.2) is 59.4 Å². The van der Waals surface area contributed by atoms with E-state index in [0.717, 1.165) is 30.0 Å². The van der Waals surface area contributed by atoms with Crippen molar-refractivity contribution in [2.24, 2.45) is 0 Å². The number of hydrogen-bond acceptors (Lipinski definition) is 5. The van der Waals surface area contributed by atoms with Crippen LogP contribution >= 0.6 is 0 Å². The van der Waals surface area contributed by atoms with E-state index < -0.39 is 17.4 Å². The molecule has 0 radical (unpaired) electrons. The van der Waals surface area contributed by atoms with Crippen LogP contribution < -0.4 is 16.6 Å². The van der Waals surface area contributed by atoms with Gasteiger partial charge < -0.3 is 10.8 Å². The Balaban J connectivity index is 1.60. The number of nitrogens with one attached hydrogen (secondary N) is 1. The van der Waals surface area contributed by atoms with Crippen LogP contribution in [0.2, 0.25) is 0 Å². The molecule has 0 atom stereocenters. The number of aryl methyl sites for hydroxylation is 2. The van der Waals surface area contributed by atoms with Gasteiger partial charge in [0.2, 0.25) is 0 Å². The standard InChI is InChI=1S/C21H17N3O4/c22-19-18-16(20(27)23-21(18)28)11-17(26)24(19)14-7-3-12(4-8-14)1-2-13-5-9-15(25)10-6-13/h3-11,25H,1-2,22H2,(H,23,27,28). The Morgan fingerprint density at radius 3 is 2.04 bits per heavy atom. The highest BCUT2D eigenvalue weighted by Crippen LogP contribution is 2.23. The van der Waals surface area contributed by atoms with E-state index in [1.54, 1.807) is 24.3 Å². The number of rotatable bonds is 4. The number of phenolic OH excluding ortho intramolecular Hbond substituents is 1. The number of carbonyl (C=O) groups is 2. The number of nitrogen functional groups attached to an aromatic ring is 1. The SMILES string of the molecule is Nc1c2c(cc(=O)n1-c1ccc(CCc3ccc(O)cc3)cc1)C(=O)NC2=O. The van der Waals surface area contributed by atoms with E-state index in [1.807, 2.05) is 24.3 Å². The third kappa shape index (κ3) is 3.03. The first-order valence-corrected chi connectivity index (χ1v) is 8.72. The Hall–Kier alpha value is -3.87. The monoisotopic (exact) mass is 375 g/mol. The maximum Gasteiger partial charge on any atom is 0.262 e. The van der Waals surface area contributed by atoms with E-state index in [0.29, 0.717) is 5.69 Å². The van der Waals surface area contributed by atoms with Crippen LogP contribution in [-0.4, -0.2) is 21.5 Å². The van der Waals surface area contributed by atoms with Crippen LogP contribution in [0.4, 0.5) is 5.82 Å². The van der Waals surface area contributed by atoms with Gasteiger partial charge in [0, 0.05) is 6.07 Å². The minimum absolute atomic E-state index is 0.00858. The number of carbonyl (C=O) groups excluding carboxylic acids is 2. The third-order valence-corrected chi connectivity index (χ3v) is 4.79. The highest BCUT2D eigenvalue weighted by Gasteiger charge is 2.31. The van der Waals surface area contributed by atoms with Crippen molar-refractivity contribution in [3.8, 4) is 11.4 Å². The average Bonchev–Trinajstić information content (AvgIpc) is 2.96. The molecule has 7 nitrogen and oxygen atoms in total. The maximum atomic E-state index is 12.4. The van der Waals surface area contributed by atoms with E-state index in [4.69, 9.17) is 5.73 Å². The fourth-order valence-electron chi connectivity index (χ4n) is 3.31. The van der Waals surface area contributed by atoms with Gasteiger partial charge in [0.15, 0.2) is 0 Å². The second kappa shape index (κ2) is 6.70. The topological polar surface area (TPSA) is 114 Å². The summed E-state index contributed by atoms with van der Waals surface area (Å²) in [5.74, 6) is -1.03. The molecule has 140 valence electrons. The number of aromatic nitrogens is 1. The molecule has 0 saturated carbocycles. The smallest absolute Gasteiger partial charge is 0.262 e. The predicted molar refractivity (Wildman–Crippen MR) is 104 cm³/mol. The Labute approximate surface area is 160 Å². The fraction of sp³-hybridized carbons (Fsp3) is 0.0952. The van der Waals surface area contributed by atoms with Crippen molar-refractivity contribution in [1.82, 2.24) is 9.88 Å². The molecule has 3 aromatic rings. The Morgan fingerprint density at radius 2 is 1.43 bits per heavy atom. The summed E-state index contributed by atoms with van der Waals surface area (Å²) in [6.45, 7) is 0. The molecule has 28 heavy (non-hydrogen) atoms. The quantitative estimate of drug-likeness (QED) is 0.602. The molecule has 2 amide bonds. The molecule has 1 aliphatic rings. The summed E-state index contributed by atoms with van der Waals surface area (Å²) >= 11 is 0. The van der Waals surface area contributed by atoms with E-state index in [2.05, 4.69) is 5.32 Å². The summed E-state index contributed by atoms with van der Waals surface area (Å²) in [7, 11) is 0. The number of nitrogens with zero attached hydrogens (tertiary/aromatic N) is 1. The number of hydrogen-bond donors (Lipinski definition) is 3. The molecule has 2 heterocycles. The van der Waals surface area contributed by atoms with Crippen molar-refractivity contribution < 1.29 is 14.7 Å². The maximum absolute atomic E-state index is 12.4. The summed E-state index contributed by atoms with van der Waals surface area (Å²) in [5.41, 5.74) is 8.29. The molecule has 0 aliphatic carbocycles. The van der Waals surface area contributed by atoms with Gasteiger partial charge in [-0.15, -0.1) is 0 Å². The van der Waals surface area contributed by atoms with Crippen LogP contribution in [0.5, 0.6) is 5.75 Å². The minimum Gasteiger partial charge on any atom is -0.508 e. The van der Waals surface area contributed by atoms with Crippen LogP contribution in [0.25, 0.3) is 5.69 Å². The van der Waals surface area contributed by atoms with Crippen molar-refractivity contribution in [1.29, 1.82) is 0 Å². The number of phenols is 1. The van der Waals surface area contributed by atoms with E-state index in [1.165, 1.54) is 4.57 Å². The molecule has 0 unspecified atom stereocenters. The summed E-state index contributed by atoms with van der Waals surface area (Å²) in [5, 5.41) is 11.5. The van der Waals surface area contributed by atoms with Gasteiger partial charge in [0.25, 0.3) is 17.4 Å². The van der Waals surface area contributed by atoms with Crippen LogP contribution in [-0.2, 0) is 12.8 Å². The lowest BCUT2D eigenvalue weighted by Gasteiger charge is -2.12. The van der Waals surface area contributed by atoms with Crippen LogP contribution in [0.1, 0.15) is 31.8 Å². The van der Waals surface area contributed by atoms with Gasteiger partial charge in [0.05, 0.1) is 16.8 Å². The van der Waals surface area contributed by atoms with Gasteiger partial charge in [-0.25, -0.2) is 0 Å². The zero-order valence-electron chi connectivity index (χ0n) is 14.8. The molecule has 0 saturated heterocycles. The first kappa shape index (κ1) is 17.5. The second-order valence-electron chi connectivity index (χ2n) is 6.61. The molecule has 4 N–H and O–H groups in total. The zero-order chi connectivity index (χ0) is 19.8. The summed E-state index contributed by atoms with van der Waals surface area (Å²) in [6, 6.07) is 15.5. The highest BCUT2D eigenvalue weighted by molar-refractivity contribution is 6.23. The molecule has 1 aliphatic heterocycles. The lowest BCUT2D eigenvalue weighted by molar-refractivity contribution is 0.0880. The Bertz CT molecular complexity index is 1150. The van der Waals surface area contributed by atoms with Crippen molar-refractivity contribution in [3.05, 3.63) is 87.2 Å². The molecular formula is C21H17N3O4.